The standard InChI is InChI=1S/C15H21NO2/c1-2-6-14(17)16-11-15(18,13-9-10-13)12-7-4-3-5-8-12/h3-5,7-8,13,18H,2,6,9-11H2,1H3,(H,16,17). The van der Waals surface area contributed by atoms with Crippen molar-refractivity contribution >= 4 is 5.91 Å². The fraction of sp³-hybridized carbons (Fsp3) is 0.533. The first kappa shape index (κ1) is 13.1. The molecule has 0 aliphatic heterocycles. The molecule has 0 bridgehead atoms. The number of carbonyl (C=O) groups excluding carboxylic acids is 1. The molecule has 1 aliphatic rings. The van der Waals surface area contributed by atoms with E-state index in [0.717, 1.165) is 24.8 Å². The van der Waals surface area contributed by atoms with E-state index in [1.165, 1.54) is 0 Å². The van der Waals surface area contributed by atoms with Gasteiger partial charge < -0.3 is 10.4 Å². The highest BCUT2D eigenvalue weighted by molar-refractivity contribution is 5.75. The Morgan fingerprint density at radius 3 is 2.61 bits per heavy atom. The largest absolute Gasteiger partial charge is 0.383 e. The number of nitrogens with one attached hydrogen (secondary N) is 1. The minimum atomic E-state index is -0.898. The van der Waals surface area contributed by atoms with Gasteiger partial charge in [0, 0.05) is 6.42 Å². The normalized spacial score (nSPS) is 18.1. The summed E-state index contributed by atoms with van der Waals surface area (Å²) < 4.78 is 0. The second-order valence-electron chi connectivity index (χ2n) is 5.09. The maximum Gasteiger partial charge on any atom is 0.220 e. The summed E-state index contributed by atoms with van der Waals surface area (Å²) in [7, 11) is 0. The van der Waals surface area contributed by atoms with Crippen LogP contribution in [0.15, 0.2) is 30.3 Å². The van der Waals surface area contributed by atoms with Gasteiger partial charge in [-0.05, 0) is 30.7 Å². The van der Waals surface area contributed by atoms with Gasteiger partial charge in [-0.15, -0.1) is 0 Å². The third-order valence-corrected chi connectivity index (χ3v) is 3.56. The Balaban J connectivity index is 2.06. The monoisotopic (exact) mass is 247 g/mol. The maximum absolute atomic E-state index is 11.5. The number of amides is 1. The van der Waals surface area contributed by atoms with Gasteiger partial charge in [-0.1, -0.05) is 37.3 Å². The van der Waals surface area contributed by atoms with Crippen LogP contribution in [-0.4, -0.2) is 17.6 Å². The van der Waals surface area contributed by atoms with Crippen LogP contribution < -0.4 is 5.32 Å². The molecule has 98 valence electrons. The molecule has 18 heavy (non-hydrogen) atoms. The van der Waals surface area contributed by atoms with E-state index in [4.69, 9.17) is 0 Å². The molecule has 1 saturated carbocycles. The Hall–Kier alpha value is -1.35. The molecule has 0 saturated heterocycles. The van der Waals surface area contributed by atoms with Gasteiger partial charge in [-0.25, -0.2) is 0 Å². The number of rotatable bonds is 6. The topological polar surface area (TPSA) is 49.3 Å². The second-order valence-corrected chi connectivity index (χ2v) is 5.09. The zero-order chi connectivity index (χ0) is 13.0. The van der Waals surface area contributed by atoms with Crippen LogP contribution in [-0.2, 0) is 10.4 Å². The minimum Gasteiger partial charge on any atom is -0.383 e. The summed E-state index contributed by atoms with van der Waals surface area (Å²) in [6.45, 7) is 2.30. The van der Waals surface area contributed by atoms with E-state index >= 15 is 0 Å². The molecule has 1 unspecified atom stereocenters. The van der Waals surface area contributed by atoms with Crippen LogP contribution in [0, 0.1) is 5.92 Å². The Labute approximate surface area is 108 Å². The molecule has 1 atom stereocenters. The van der Waals surface area contributed by atoms with Gasteiger partial charge in [0.05, 0.1) is 6.54 Å². The summed E-state index contributed by atoms with van der Waals surface area (Å²) in [4.78, 5) is 11.5. The van der Waals surface area contributed by atoms with Gasteiger partial charge in [-0.2, -0.15) is 0 Å². The fourth-order valence-corrected chi connectivity index (χ4v) is 2.32. The van der Waals surface area contributed by atoms with Crippen molar-refractivity contribution in [2.45, 2.75) is 38.2 Å². The van der Waals surface area contributed by atoms with Gasteiger partial charge in [0.2, 0.25) is 5.91 Å². The van der Waals surface area contributed by atoms with Gasteiger partial charge in [-0.3, -0.25) is 4.79 Å². The van der Waals surface area contributed by atoms with Crippen LogP contribution in [0.1, 0.15) is 38.2 Å². The molecule has 0 heterocycles. The summed E-state index contributed by atoms with van der Waals surface area (Å²) in [6, 6.07) is 9.66. The van der Waals surface area contributed by atoms with Gasteiger partial charge in [0.25, 0.3) is 0 Å². The van der Waals surface area contributed by atoms with Crippen LogP contribution in [0.2, 0.25) is 0 Å². The number of carbonyl (C=O) groups is 1. The first-order chi connectivity index (χ1) is 8.66. The SMILES string of the molecule is CCCC(=O)NCC(O)(c1ccccc1)C1CC1. The Bertz CT molecular complexity index is 400. The summed E-state index contributed by atoms with van der Waals surface area (Å²) in [6.07, 6.45) is 3.43. The molecule has 1 fully saturated rings. The minimum absolute atomic E-state index is 0.0208. The van der Waals surface area contributed by atoms with Crippen molar-refractivity contribution in [2.75, 3.05) is 6.54 Å². The molecule has 0 radical (unpaired) electrons. The summed E-state index contributed by atoms with van der Waals surface area (Å²) in [5.74, 6) is 0.300. The Kier molecular flexibility index (Phi) is 4.02. The van der Waals surface area contributed by atoms with E-state index in [1.54, 1.807) is 0 Å². The van der Waals surface area contributed by atoms with E-state index in [0.29, 0.717) is 13.0 Å². The fourth-order valence-electron chi connectivity index (χ4n) is 2.32. The molecule has 1 amide bonds. The van der Waals surface area contributed by atoms with Crippen molar-refractivity contribution < 1.29 is 9.90 Å². The molecule has 2 rings (SSSR count). The van der Waals surface area contributed by atoms with Crippen LogP contribution in [0.3, 0.4) is 0 Å². The van der Waals surface area contributed by atoms with Crippen molar-refractivity contribution in [2.24, 2.45) is 5.92 Å². The summed E-state index contributed by atoms with van der Waals surface area (Å²) in [5.41, 5.74) is 0.00860. The number of hydrogen-bond acceptors (Lipinski definition) is 2. The van der Waals surface area contributed by atoms with Gasteiger partial charge in [0.1, 0.15) is 5.60 Å². The molecule has 0 aromatic heterocycles. The molecule has 1 aromatic rings. The molecular formula is C15H21NO2. The van der Waals surface area contributed by atoms with Crippen LogP contribution in [0.4, 0.5) is 0 Å². The lowest BCUT2D eigenvalue weighted by Crippen LogP contribution is -2.42. The quantitative estimate of drug-likeness (QED) is 0.809. The lowest BCUT2D eigenvalue weighted by Gasteiger charge is -2.29. The number of hydrogen-bond donors (Lipinski definition) is 2. The highest BCUT2D eigenvalue weighted by Crippen LogP contribution is 2.45. The first-order valence-electron chi connectivity index (χ1n) is 6.71. The third-order valence-electron chi connectivity index (χ3n) is 3.56. The third kappa shape index (κ3) is 2.91. The van der Waals surface area contributed by atoms with E-state index in [2.05, 4.69) is 5.32 Å². The Morgan fingerprint density at radius 2 is 2.06 bits per heavy atom. The molecule has 3 nitrogen and oxygen atoms in total. The van der Waals surface area contributed by atoms with E-state index in [1.807, 2.05) is 37.3 Å². The highest BCUT2D eigenvalue weighted by Gasteiger charge is 2.45. The van der Waals surface area contributed by atoms with E-state index in [9.17, 15) is 9.90 Å². The zero-order valence-corrected chi connectivity index (χ0v) is 10.9. The lowest BCUT2D eigenvalue weighted by atomic mass is 9.88. The van der Waals surface area contributed by atoms with Crippen molar-refractivity contribution in [1.29, 1.82) is 0 Å². The van der Waals surface area contributed by atoms with Crippen molar-refractivity contribution in [3.63, 3.8) is 0 Å². The maximum atomic E-state index is 11.5. The average Bonchev–Trinajstić information content (AvgIpc) is 3.22. The van der Waals surface area contributed by atoms with Crippen molar-refractivity contribution in [1.82, 2.24) is 5.32 Å². The summed E-state index contributed by atoms with van der Waals surface area (Å²) >= 11 is 0. The predicted molar refractivity (Wildman–Crippen MR) is 71.0 cm³/mol. The van der Waals surface area contributed by atoms with Crippen molar-refractivity contribution in [3.8, 4) is 0 Å². The summed E-state index contributed by atoms with van der Waals surface area (Å²) in [5, 5.41) is 13.7. The molecule has 1 aliphatic carbocycles. The average molecular weight is 247 g/mol. The number of benzene rings is 1. The van der Waals surface area contributed by atoms with Crippen LogP contribution >= 0.6 is 0 Å². The smallest absolute Gasteiger partial charge is 0.220 e. The van der Waals surface area contributed by atoms with E-state index < -0.39 is 5.60 Å². The highest BCUT2D eigenvalue weighted by atomic mass is 16.3. The first-order valence-corrected chi connectivity index (χ1v) is 6.71. The van der Waals surface area contributed by atoms with Crippen LogP contribution in [0.25, 0.3) is 0 Å². The number of aliphatic hydroxyl groups is 1. The molecular weight excluding hydrogens is 226 g/mol. The molecule has 1 aromatic carbocycles. The van der Waals surface area contributed by atoms with Gasteiger partial charge in [0.15, 0.2) is 0 Å². The Morgan fingerprint density at radius 1 is 1.39 bits per heavy atom. The molecule has 3 heteroatoms. The zero-order valence-electron chi connectivity index (χ0n) is 10.9. The molecule has 0 spiro atoms. The lowest BCUT2D eigenvalue weighted by molar-refractivity contribution is -0.122. The predicted octanol–water partition coefficient (Wildman–Crippen LogP) is 2.20. The second kappa shape index (κ2) is 5.53. The van der Waals surface area contributed by atoms with Crippen molar-refractivity contribution in [3.05, 3.63) is 35.9 Å². The molecule has 2 N–H and O–H groups in total. The van der Waals surface area contributed by atoms with Gasteiger partial charge >= 0.3 is 0 Å². The van der Waals surface area contributed by atoms with Crippen LogP contribution in [0.5, 0.6) is 0 Å². The van der Waals surface area contributed by atoms with E-state index in [-0.39, 0.29) is 11.8 Å².